The first kappa shape index (κ1) is 17.2. The molecule has 2 N–H and O–H groups in total. The second kappa shape index (κ2) is 8.48. The van der Waals surface area contributed by atoms with Gasteiger partial charge in [-0.15, -0.1) is 0 Å². The van der Waals surface area contributed by atoms with Gasteiger partial charge < -0.3 is 10.1 Å². The Balaban J connectivity index is 1.96. The summed E-state index contributed by atoms with van der Waals surface area (Å²) >= 11 is 0. The topological polar surface area (TPSA) is 67.0 Å². The van der Waals surface area contributed by atoms with Crippen LogP contribution in [0.5, 0.6) is 0 Å². The third kappa shape index (κ3) is 5.53. The first-order valence-electron chi connectivity index (χ1n) is 8.05. The van der Waals surface area contributed by atoms with Gasteiger partial charge in [0.25, 0.3) is 5.56 Å². The molecular formula is C18H25N3O2. The molecule has 1 heterocycles. The van der Waals surface area contributed by atoms with Crippen LogP contribution in [0.15, 0.2) is 35.1 Å². The van der Waals surface area contributed by atoms with E-state index in [-0.39, 0.29) is 11.7 Å². The predicted octanol–water partition coefficient (Wildman–Crippen LogP) is 2.90. The minimum absolute atomic E-state index is 0.0812. The fraction of sp³-hybridized carbons (Fsp3) is 0.444. The summed E-state index contributed by atoms with van der Waals surface area (Å²) in [6.07, 6.45) is 1.71. The second-order valence-corrected chi connectivity index (χ2v) is 5.84. The van der Waals surface area contributed by atoms with Crippen LogP contribution in [0.4, 0.5) is 5.95 Å². The number of aryl methyl sites for hydroxylation is 1. The van der Waals surface area contributed by atoms with E-state index in [0.29, 0.717) is 31.1 Å². The van der Waals surface area contributed by atoms with Crippen molar-refractivity contribution in [2.75, 3.05) is 18.5 Å². The highest BCUT2D eigenvalue weighted by atomic mass is 16.5. The Morgan fingerprint density at radius 2 is 2.00 bits per heavy atom. The van der Waals surface area contributed by atoms with Crippen molar-refractivity contribution in [2.24, 2.45) is 0 Å². The Bertz CT molecular complexity index is 666. The van der Waals surface area contributed by atoms with Crippen molar-refractivity contribution in [1.82, 2.24) is 9.97 Å². The van der Waals surface area contributed by atoms with Crippen molar-refractivity contribution in [1.29, 1.82) is 0 Å². The van der Waals surface area contributed by atoms with Gasteiger partial charge in [-0.1, -0.05) is 30.3 Å². The van der Waals surface area contributed by atoms with Gasteiger partial charge in [-0.3, -0.25) is 9.78 Å². The Kier molecular flexibility index (Phi) is 6.35. The number of benzene rings is 1. The summed E-state index contributed by atoms with van der Waals surface area (Å²) in [5.74, 6) is 0.522. The molecule has 2 aromatic rings. The minimum atomic E-state index is -0.0812. The highest BCUT2D eigenvalue weighted by Gasteiger charge is 2.08. The van der Waals surface area contributed by atoms with E-state index in [1.807, 2.05) is 51.1 Å². The lowest BCUT2D eigenvalue weighted by atomic mass is 10.1. The molecule has 1 aromatic heterocycles. The summed E-state index contributed by atoms with van der Waals surface area (Å²) in [7, 11) is 0. The van der Waals surface area contributed by atoms with E-state index >= 15 is 0 Å². The molecule has 124 valence electrons. The average molecular weight is 315 g/mol. The van der Waals surface area contributed by atoms with E-state index in [4.69, 9.17) is 4.74 Å². The molecule has 0 aliphatic heterocycles. The summed E-state index contributed by atoms with van der Waals surface area (Å²) in [4.78, 5) is 19.6. The van der Waals surface area contributed by atoms with Gasteiger partial charge in [0.2, 0.25) is 5.95 Å². The van der Waals surface area contributed by atoms with Crippen LogP contribution >= 0.6 is 0 Å². The molecule has 0 bridgehead atoms. The summed E-state index contributed by atoms with van der Waals surface area (Å²) < 4.78 is 5.48. The standard InChI is InChI=1S/C18H25N3O2/c1-13(2)23-11-7-10-19-18-20-14(3)16(17(22)21-18)12-15-8-5-4-6-9-15/h4-6,8-9,13H,7,10-12H2,1-3H3,(H2,19,20,21,22). The number of nitrogens with one attached hydrogen (secondary N) is 2. The Hall–Kier alpha value is -2.14. The smallest absolute Gasteiger partial charge is 0.256 e. The third-order valence-electron chi connectivity index (χ3n) is 3.51. The molecule has 0 amide bonds. The fourth-order valence-corrected chi connectivity index (χ4v) is 2.30. The maximum absolute atomic E-state index is 12.3. The molecule has 5 nitrogen and oxygen atoms in total. The summed E-state index contributed by atoms with van der Waals surface area (Å²) in [6.45, 7) is 7.32. The summed E-state index contributed by atoms with van der Waals surface area (Å²) in [5.41, 5.74) is 2.50. The molecule has 0 aliphatic carbocycles. The van der Waals surface area contributed by atoms with E-state index in [2.05, 4.69) is 15.3 Å². The number of hydrogen-bond donors (Lipinski definition) is 2. The van der Waals surface area contributed by atoms with Gasteiger partial charge in [0, 0.05) is 25.1 Å². The molecule has 0 aliphatic rings. The molecule has 1 aromatic carbocycles. The molecule has 0 spiro atoms. The van der Waals surface area contributed by atoms with E-state index in [0.717, 1.165) is 17.7 Å². The maximum Gasteiger partial charge on any atom is 0.256 e. The lowest BCUT2D eigenvalue weighted by Gasteiger charge is -2.10. The van der Waals surface area contributed by atoms with Gasteiger partial charge in [0.05, 0.1) is 11.8 Å². The van der Waals surface area contributed by atoms with Crippen molar-refractivity contribution >= 4 is 5.95 Å². The van der Waals surface area contributed by atoms with E-state index in [9.17, 15) is 4.79 Å². The highest BCUT2D eigenvalue weighted by Crippen LogP contribution is 2.09. The predicted molar refractivity (Wildman–Crippen MR) is 93.0 cm³/mol. The zero-order valence-corrected chi connectivity index (χ0v) is 14.1. The van der Waals surface area contributed by atoms with Gasteiger partial charge in [-0.25, -0.2) is 4.98 Å². The molecular weight excluding hydrogens is 290 g/mol. The highest BCUT2D eigenvalue weighted by molar-refractivity contribution is 5.32. The lowest BCUT2D eigenvalue weighted by molar-refractivity contribution is 0.0787. The summed E-state index contributed by atoms with van der Waals surface area (Å²) in [6, 6.07) is 9.94. The van der Waals surface area contributed by atoms with Crippen LogP contribution in [0.1, 0.15) is 37.1 Å². The average Bonchev–Trinajstić information content (AvgIpc) is 2.51. The molecule has 0 unspecified atom stereocenters. The minimum Gasteiger partial charge on any atom is -0.379 e. The van der Waals surface area contributed by atoms with Crippen molar-refractivity contribution in [2.45, 2.75) is 39.7 Å². The number of ether oxygens (including phenoxy) is 1. The normalized spacial score (nSPS) is 11.0. The Morgan fingerprint density at radius 3 is 2.65 bits per heavy atom. The maximum atomic E-state index is 12.3. The second-order valence-electron chi connectivity index (χ2n) is 5.84. The van der Waals surface area contributed by atoms with Crippen LogP contribution in [0.3, 0.4) is 0 Å². The number of anilines is 1. The number of H-pyrrole nitrogens is 1. The van der Waals surface area contributed by atoms with E-state index < -0.39 is 0 Å². The molecule has 0 fully saturated rings. The first-order valence-corrected chi connectivity index (χ1v) is 8.05. The van der Waals surface area contributed by atoms with Crippen molar-refractivity contribution in [3.8, 4) is 0 Å². The lowest BCUT2D eigenvalue weighted by Crippen LogP contribution is -2.20. The number of aromatic amines is 1. The van der Waals surface area contributed by atoms with Crippen molar-refractivity contribution < 1.29 is 4.74 Å². The Labute approximate surface area is 137 Å². The fourth-order valence-electron chi connectivity index (χ4n) is 2.30. The number of hydrogen-bond acceptors (Lipinski definition) is 4. The van der Waals surface area contributed by atoms with Crippen LogP contribution in [0.2, 0.25) is 0 Å². The largest absolute Gasteiger partial charge is 0.379 e. The molecule has 2 rings (SSSR count). The molecule has 0 saturated heterocycles. The van der Waals surface area contributed by atoms with Crippen molar-refractivity contribution in [3.63, 3.8) is 0 Å². The first-order chi connectivity index (χ1) is 11.1. The SMILES string of the molecule is Cc1nc(NCCCOC(C)C)[nH]c(=O)c1Cc1ccccc1. The van der Waals surface area contributed by atoms with Gasteiger partial charge in [0.15, 0.2) is 0 Å². The van der Waals surface area contributed by atoms with Gasteiger partial charge in [-0.05, 0) is 32.8 Å². The zero-order valence-electron chi connectivity index (χ0n) is 14.1. The number of rotatable bonds is 8. The molecule has 0 saturated carbocycles. The van der Waals surface area contributed by atoms with Gasteiger partial charge in [-0.2, -0.15) is 0 Å². The molecule has 0 radical (unpaired) electrons. The Morgan fingerprint density at radius 1 is 1.26 bits per heavy atom. The van der Waals surface area contributed by atoms with E-state index in [1.54, 1.807) is 0 Å². The monoisotopic (exact) mass is 315 g/mol. The van der Waals surface area contributed by atoms with Crippen molar-refractivity contribution in [3.05, 3.63) is 57.5 Å². The number of nitrogens with zero attached hydrogens (tertiary/aromatic N) is 1. The quantitative estimate of drug-likeness (QED) is 0.735. The molecule has 0 atom stereocenters. The van der Waals surface area contributed by atoms with Crippen LogP contribution in [0, 0.1) is 6.92 Å². The van der Waals surface area contributed by atoms with E-state index in [1.165, 1.54) is 0 Å². The van der Waals surface area contributed by atoms with Crippen LogP contribution in [0.25, 0.3) is 0 Å². The number of aromatic nitrogens is 2. The van der Waals surface area contributed by atoms with Gasteiger partial charge in [0.1, 0.15) is 0 Å². The van der Waals surface area contributed by atoms with Crippen LogP contribution in [-0.4, -0.2) is 29.2 Å². The zero-order chi connectivity index (χ0) is 16.7. The van der Waals surface area contributed by atoms with Crippen LogP contribution < -0.4 is 10.9 Å². The van der Waals surface area contributed by atoms with Crippen LogP contribution in [-0.2, 0) is 11.2 Å². The van der Waals surface area contributed by atoms with Gasteiger partial charge >= 0.3 is 0 Å². The molecule has 23 heavy (non-hydrogen) atoms. The third-order valence-corrected chi connectivity index (χ3v) is 3.51. The summed E-state index contributed by atoms with van der Waals surface area (Å²) in [5, 5.41) is 3.14. The molecule has 5 heteroatoms.